The molecule has 0 saturated carbocycles. The number of hydrogen-bond acceptors (Lipinski definition) is 3. The number of hydrogen-bond donors (Lipinski definition) is 2. The molecule has 37 heavy (non-hydrogen) atoms. The van der Waals surface area contributed by atoms with E-state index in [1.807, 2.05) is 18.2 Å². The zero-order valence-corrected chi connectivity index (χ0v) is 22.7. The molecule has 2 aromatic carbocycles. The summed E-state index contributed by atoms with van der Waals surface area (Å²) in [5.74, 6) is 0.686. The van der Waals surface area contributed by atoms with Gasteiger partial charge in [0.1, 0.15) is 6.29 Å². The molecule has 2 aliphatic carbocycles. The Morgan fingerprint density at radius 3 is 2.54 bits per heavy atom. The van der Waals surface area contributed by atoms with Crippen molar-refractivity contribution in [1.82, 2.24) is 0 Å². The number of allylic oxidation sites excluding steroid dienone is 8. The van der Waals surface area contributed by atoms with Crippen molar-refractivity contribution >= 4 is 11.9 Å². The van der Waals surface area contributed by atoms with Gasteiger partial charge in [0.25, 0.3) is 0 Å². The van der Waals surface area contributed by atoms with Gasteiger partial charge in [-0.2, -0.15) is 0 Å². The van der Waals surface area contributed by atoms with E-state index in [4.69, 9.17) is 5.73 Å². The van der Waals surface area contributed by atoms with Gasteiger partial charge in [-0.05, 0) is 110 Å². The molecule has 0 aromatic heterocycles. The van der Waals surface area contributed by atoms with Gasteiger partial charge in [0.2, 0.25) is 0 Å². The molecule has 2 aromatic rings. The minimum Gasteiger partial charge on any atom is -0.405 e. The molecule has 0 amide bonds. The Balaban J connectivity index is 0.00000186. The summed E-state index contributed by atoms with van der Waals surface area (Å²) < 4.78 is 0. The van der Waals surface area contributed by atoms with Gasteiger partial charge < -0.3 is 11.5 Å². The summed E-state index contributed by atoms with van der Waals surface area (Å²) in [5.41, 5.74) is 21.7. The maximum Gasteiger partial charge on any atom is 0.150 e. The predicted octanol–water partition coefficient (Wildman–Crippen LogP) is 7.45. The molecule has 0 saturated heterocycles. The Kier molecular flexibility index (Phi) is 10.5. The Hall–Kier alpha value is -3.43. The van der Waals surface area contributed by atoms with Crippen molar-refractivity contribution in [3.05, 3.63) is 124 Å². The second kappa shape index (κ2) is 13.8. The number of carbonyl (C=O) groups excluding carboxylic acids is 1. The normalized spacial score (nSPS) is 18.3. The number of rotatable bonds is 8. The summed E-state index contributed by atoms with van der Waals surface area (Å²) in [6, 6.07) is 14.9. The van der Waals surface area contributed by atoms with E-state index < -0.39 is 0 Å². The summed E-state index contributed by atoms with van der Waals surface area (Å²) in [4.78, 5) is 11.2. The van der Waals surface area contributed by atoms with Crippen LogP contribution in [0.5, 0.6) is 0 Å². The molecule has 2 unspecified atom stereocenters. The molecule has 194 valence electrons. The molecule has 0 spiro atoms. The highest BCUT2D eigenvalue weighted by atomic mass is 16.1. The number of nitrogens with two attached hydrogens (primary N) is 2. The van der Waals surface area contributed by atoms with Crippen LogP contribution in [-0.4, -0.2) is 13.3 Å². The van der Waals surface area contributed by atoms with Crippen molar-refractivity contribution in [3.8, 4) is 0 Å². The van der Waals surface area contributed by atoms with Crippen molar-refractivity contribution < 1.29 is 4.79 Å². The van der Waals surface area contributed by atoms with E-state index in [1.54, 1.807) is 6.20 Å². The average Bonchev–Trinajstić information content (AvgIpc) is 2.92. The third-order valence-electron chi connectivity index (χ3n) is 7.36. The van der Waals surface area contributed by atoms with Crippen LogP contribution in [0.25, 0.3) is 5.57 Å². The van der Waals surface area contributed by atoms with E-state index in [0.29, 0.717) is 11.5 Å². The Bertz CT molecular complexity index is 1210. The second-order valence-corrected chi connectivity index (χ2v) is 9.95. The number of fused-ring (bicyclic) bond motifs is 1. The Morgan fingerprint density at radius 1 is 1.14 bits per heavy atom. The van der Waals surface area contributed by atoms with Gasteiger partial charge in [-0.3, -0.25) is 4.79 Å². The minimum absolute atomic E-state index is 0.169. The fourth-order valence-corrected chi connectivity index (χ4v) is 5.58. The standard InChI is InChI=1S/C33H37NO.CH5N/c1-4-6-27(15-16-34)33(28-12-9-25(22-35)10-13-28)20-26-11-14-32-24(3)18-30(21-31(32)19-26)29-8-5-7-23(2)17-29;1-2/h6,8-17,19,22,30,33H,3-5,7,18,20-21,34H2,1-2H3;2H2,1H3/b16-15-,27-6+;. The molecule has 0 heterocycles. The summed E-state index contributed by atoms with van der Waals surface area (Å²) >= 11 is 0. The lowest BCUT2D eigenvalue weighted by molar-refractivity contribution is 0.112. The van der Waals surface area contributed by atoms with Crippen LogP contribution in [0.1, 0.15) is 78.1 Å². The summed E-state index contributed by atoms with van der Waals surface area (Å²) in [7, 11) is 1.50. The molecule has 0 aliphatic heterocycles. The van der Waals surface area contributed by atoms with Crippen LogP contribution < -0.4 is 11.5 Å². The SMILES string of the molecule is C=C1CC(C2=CCCC(C)=C2)Cc2cc(CC(C(/C=C\N)=C/CC)c3ccc(C=O)cc3)ccc21.CN. The van der Waals surface area contributed by atoms with E-state index in [1.165, 1.54) is 58.0 Å². The van der Waals surface area contributed by atoms with Gasteiger partial charge in [-0.1, -0.05) is 79.8 Å². The molecule has 4 N–H and O–H groups in total. The lowest BCUT2D eigenvalue weighted by Gasteiger charge is -2.30. The zero-order valence-electron chi connectivity index (χ0n) is 22.7. The highest BCUT2D eigenvalue weighted by Gasteiger charge is 2.25. The van der Waals surface area contributed by atoms with Crippen molar-refractivity contribution in [2.45, 2.75) is 58.3 Å². The third-order valence-corrected chi connectivity index (χ3v) is 7.36. The van der Waals surface area contributed by atoms with Crippen molar-refractivity contribution in [2.75, 3.05) is 7.05 Å². The van der Waals surface area contributed by atoms with E-state index in [0.717, 1.165) is 38.4 Å². The quantitative estimate of drug-likeness (QED) is 0.296. The van der Waals surface area contributed by atoms with Gasteiger partial charge in [0, 0.05) is 11.5 Å². The molecule has 0 fully saturated rings. The largest absolute Gasteiger partial charge is 0.405 e. The molecule has 3 nitrogen and oxygen atoms in total. The van der Waals surface area contributed by atoms with Crippen LogP contribution in [0.2, 0.25) is 0 Å². The lowest BCUT2D eigenvalue weighted by atomic mass is 9.75. The first-order valence-electron chi connectivity index (χ1n) is 13.4. The van der Waals surface area contributed by atoms with Gasteiger partial charge >= 0.3 is 0 Å². The van der Waals surface area contributed by atoms with Crippen molar-refractivity contribution in [1.29, 1.82) is 0 Å². The maximum atomic E-state index is 11.2. The fraction of sp³-hybridized carbons (Fsp3) is 0.324. The molecule has 4 rings (SSSR count). The zero-order chi connectivity index (χ0) is 26.8. The Morgan fingerprint density at radius 2 is 1.89 bits per heavy atom. The van der Waals surface area contributed by atoms with E-state index in [-0.39, 0.29) is 5.92 Å². The number of aldehydes is 1. The molecular weight excluding hydrogens is 452 g/mol. The van der Waals surface area contributed by atoms with Crippen molar-refractivity contribution in [3.63, 3.8) is 0 Å². The van der Waals surface area contributed by atoms with Crippen LogP contribution in [0, 0.1) is 5.92 Å². The first-order chi connectivity index (χ1) is 18.0. The minimum atomic E-state index is 0.169. The smallest absolute Gasteiger partial charge is 0.150 e. The average molecular weight is 495 g/mol. The van der Waals surface area contributed by atoms with Crippen LogP contribution >= 0.6 is 0 Å². The Labute approximate surface area is 223 Å². The highest BCUT2D eigenvalue weighted by molar-refractivity contribution is 5.74. The molecule has 3 heteroatoms. The lowest BCUT2D eigenvalue weighted by Crippen LogP contribution is -2.16. The van der Waals surface area contributed by atoms with E-state index in [9.17, 15) is 4.79 Å². The molecule has 0 radical (unpaired) electrons. The van der Waals surface area contributed by atoms with Gasteiger partial charge in [-0.25, -0.2) is 0 Å². The van der Waals surface area contributed by atoms with Crippen LogP contribution in [0.15, 0.2) is 96.3 Å². The van der Waals surface area contributed by atoms with Crippen LogP contribution in [0.4, 0.5) is 0 Å². The molecule has 2 atom stereocenters. The topological polar surface area (TPSA) is 69.1 Å². The molecule has 2 aliphatic rings. The number of carbonyl (C=O) groups is 1. The van der Waals surface area contributed by atoms with Gasteiger partial charge in [0.05, 0.1) is 0 Å². The predicted molar refractivity (Wildman–Crippen MR) is 158 cm³/mol. The van der Waals surface area contributed by atoms with Crippen molar-refractivity contribution in [2.24, 2.45) is 17.4 Å². The first-order valence-corrected chi connectivity index (χ1v) is 13.4. The van der Waals surface area contributed by atoms with Gasteiger partial charge in [0.15, 0.2) is 0 Å². The van der Waals surface area contributed by atoms with Crippen LogP contribution in [-0.2, 0) is 12.8 Å². The van der Waals surface area contributed by atoms with E-state index in [2.05, 4.69) is 74.7 Å². The second-order valence-electron chi connectivity index (χ2n) is 9.95. The van der Waals surface area contributed by atoms with E-state index >= 15 is 0 Å². The first kappa shape index (κ1) is 28.1. The summed E-state index contributed by atoms with van der Waals surface area (Å²) in [6.07, 6.45) is 17.9. The summed E-state index contributed by atoms with van der Waals surface area (Å²) in [5, 5.41) is 0. The monoisotopic (exact) mass is 494 g/mol. The highest BCUT2D eigenvalue weighted by Crippen LogP contribution is 2.40. The van der Waals surface area contributed by atoms with Crippen LogP contribution in [0.3, 0.4) is 0 Å². The number of benzene rings is 2. The molecular formula is C34H42N2O. The fourth-order valence-electron chi connectivity index (χ4n) is 5.58. The van der Waals surface area contributed by atoms with Gasteiger partial charge in [-0.15, -0.1) is 0 Å². The maximum absolute atomic E-state index is 11.2. The summed E-state index contributed by atoms with van der Waals surface area (Å²) in [6.45, 7) is 8.84. The molecule has 0 bridgehead atoms. The third kappa shape index (κ3) is 7.08.